The van der Waals surface area contributed by atoms with Crippen molar-refractivity contribution in [3.8, 4) is 0 Å². The van der Waals surface area contributed by atoms with Crippen molar-refractivity contribution in [2.75, 3.05) is 44.2 Å². The molecule has 0 saturated carbocycles. The van der Waals surface area contributed by atoms with Crippen LogP contribution in [0.2, 0.25) is 0 Å². The highest BCUT2D eigenvalue weighted by molar-refractivity contribution is 5.94. The summed E-state index contributed by atoms with van der Waals surface area (Å²) in [6, 6.07) is 4.01. The van der Waals surface area contributed by atoms with E-state index in [4.69, 9.17) is 0 Å². The van der Waals surface area contributed by atoms with Crippen LogP contribution >= 0.6 is 0 Å². The van der Waals surface area contributed by atoms with Crippen molar-refractivity contribution in [2.24, 2.45) is 11.8 Å². The molecule has 1 N–H and O–H groups in total. The van der Waals surface area contributed by atoms with Crippen LogP contribution in [0.25, 0.3) is 0 Å². The van der Waals surface area contributed by atoms with E-state index in [1.807, 2.05) is 17.0 Å². The van der Waals surface area contributed by atoms with Crippen LogP contribution in [-0.4, -0.2) is 55.1 Å². The summed E-state index contributed by atoms with van der Waals surface area (Å²) in [4.78, 5) is 21.9. The predicted octanol–water partition coefficient (Wildman–Crippen LogP) is 2.53. The van der Waals surface area contributed by atoms with Gasteiger partial charge in [0.15, 0.2) is 0 Å². The Morgan fingerprint density at radius 2 is 1.64 bits per heavy atom. The lowest BCUT2D eigenvalue weighted by atomic mass is 9.92. The van der Waals surface area contributed by atoms with Crippen LogP contribution in [-0.2, 0) is 0 Å². The van der Waals surface area contributed by atoms with Gasteiger partial charge in [-0.15, -0.1) is 0 Å². The minimum Gasteiger partial charge on any atom is -0.357 e. The van der Waals surface area contributed by atoms with E-state index < -0.39 is 0 Å². The molecule has 1 aromatic heterocycles. The number of likely N-dealkylation sites (tertiary alicyclic amines) is 1. The van der Waals surface area contributed by atoms with Crippen LogP contribution in [0.1, 0.15) is 48.9 Å². The Labute approximate surface area is 150 Å². The maximum atomic E-state index is 12.9. The van der Waals surface area contributed by atoms with Gasteiger partial charge in [-0.2, -0.15) is 0 Å². The van der Waals surface area contributed by atoms with E-state index in [1.54, 1.807) is 6.20 Å². The number of aromatic nitrogens is 1. The van der Waals surface area contributed by atoms with Crippen molar-refractivity contribution < 1.29 is 4.79 Å². The number of rotatable bonds is 2. The molecule has 5 nitrogen and oxygen atoms in total. The quantitative estimate of drug-likeness (QED) is 0.897. The van der Waals surface area contributed by atoms with Gasteiger partial charge in [0.05, 0.1) is 5.56 Å². The van der Waals surface area contributed by atoms with Gasteiger partial charge < -0.3 is 15.1 Å². The molecule has 136 valence electrons. The average molecular weight is 342 g/mol. The zero-order valence-corrected chi connectivity index (χ0v) is 15.1. The molecule has 0 aliphatic carbocycles. The Hall–Kier alpha value is -1.62. The molecular formula is C20H30N4O. The summed E-state index contributed by atoms with van der Waals surface area (Å²) >= 11 is 0. The molecule has 0 spiro atoms. The molecule has 1 aromatic rings. The number of anilines is 1. The third-order valence-electron chi connectivity index (χ3n) is 6.23. The molecule has 0 bridgehead atoms. The van der Waals surface area contributed by atoms with E-state index >= 15 is 0 Å². The van der Waals surface area contributed by atoms with E-state index in [9.17, 15) is 4.79 Å². The summed E-state index contributed by atoms with van der Waals surface area (Å²) in [5, 5.41) is 3.49. The van der Waals surface area contributed by atoms with E-state index in [2.05, 4.69) is 15.2 Å². The van der Waals surface area contributed by atoms with Gasteiger partial charge in [0.25, 0.3) is 5.91 Å². The lowest BCUT2D eigenvalue weighted by Crippen LogP contribution is -2.33. The Balaban J connectivity index is 1.40. The molecule has 4 heterocycles. The lowest BCUT2D eigenvalue weighted by Gasteiger charge is -2.23. The summed E-state index contributed by atoms with van der Waals surface area (Å²) in [6.45, 7) is 6.19. The topological polar surface area (TPSA) is 48.5 Å². The van der Waals surface area contributed by atoms with Crippen molar-refractivity contribution in [3.05, 3.63) is 23.9 Å². The smallest absolute Gasteiger partial charge is 0.255 e. The zero-order chi connectivity index (χ0) is 17.1. The number of carbonyl (C=O) groups is 1. The minimum absolute atomic E-state index is 0.155. The van der Waals surface area contributed by atoms with Crippen molar-refractivity contribution in [3.63, 3.8) is 0 Å². The lowest BCUT2D eigenvalue weighted by molar-refractivity contribution is 0.0758. The largest absolute Gasteiger partial charge is 0.357 e. The summed E-state index contributed by atoms with van der Waals surface area (Å²) < 4.78 is 0. The molecule has 3 fully saturated rings. The van der Waals surface area contributed by atoms with Gasteiger partial charge in [-0.25, -0.2) is 4.98 Å². The van der Waals surface area contributed by atoms with E-state index in [-0.39, 0.29) is 5.91 Å². The first-order chi connectivity index (χ1) is 12.3. The van der Waals surface area contributed by atoms with Gasteiger partial charge in [0, 0.05) is 32.4 Å². The fraction of sp³-hybridized carbons (Fsp3) is 0.700. The maximum absolute atomic E-state index is 12.9. The third kappa shape index (κ3) is 3.81. The molecule has 0 radical (unpaired) electrons. The van der Waals surface area contributed by atoms with Gasteiger partial charge in [0.1, 0.15) is 5.82 Å². The summed E-state index contributed by atoms with van der Waals surface area (Å²) in [5.74, 6) is 2.68. The second kappa shape index (κ2) is 7.73. The molecule has 0 unspecified atom stereocenters. The van der Waals surface area contributed by atoms with Crippen LogP contribution in [0.3, 0.4) is 0 Å². The molecule has 3 aliphatic rings. The van der Waals surface area contributed by atoms with Crippen molar-refractivity contribution in [1.82, 2.24) is 15.2 Å². The highest BCUT2D eigenvalue weighted by Crippen LogP contribution is 2.27. The number of amides is 1. The molecule has 25 heavy (non-hydrogen) atoms. The number of hydrogen-bond acceptors (Lipinski definition) is 4. The zero-order valence-electron chi connectivity index (χ0n) is 15.1. The minimum atomic E-state index is 0.155. The van der Waals surface area contributed by atoms with Crippen LogP contribution in [0.4, 0.5) is 5.82 Å². The van der Waals surface area contributed by atoms with Crippen LogP contribution < -0.4 is 10.2 Å². The Morgan fingerprint density at radius 1 is 0.960 bits per heavy atom. The van der Waals surface area contributed by atoms with Crippen molar-refractivity contribution in [1.29, 1.82) is 0 Å². The van der Waals surface area contributed by atoms with Gasteiger partial charge in [-0.3, -0.25) is 4.79 Å². The fourth-order valence-corrected chi connectivity index (χ4v) is 4.60. The molecular weight excluding hydrogens is 312 g/mol. The van der Waals surface area contributed by atoms with Crippen LogP contribution in [0.15, 0.2) is 18.3 Å². The molecule has 4 rings (SSSR count). The predicted molar refractivity (Wildman–Crippen MR) is 99.9 cm³/mol. The van der Waals surface area contributed by atoms with Crippen LogP contribution in [0.5, 0.6) is 0 Å². The summed E-state index contributed by atoms with van der Waals surface area (Å²) in [7, 11) is 0. The van der Waals surface area contributed by atoms with Crippen molar-refractivity contribution in [2.45, 2.75) is 38.5 Å². The normalized spacial score (nSPS) is 27.5. The fourth-order valence-electron chi connectivity index (χ4n) is 4.60. The maximum Gasteiger partial charge on any atom is 0.255 e. The molecule has 2 atom stereocenters. The Morgan fingerprint density at radius 3 is 2.24 bits per heavy atom. The van der Waals surface area contributed by atoms with Crippen molar-refractivity contribution >= 4 is 11.7 Å². The molecule has 3 saturated heterocycles. The van der Waals surface area contributed by atoms with Gasteiger partial charge in [-0.05, 0) is 62.7 Å². The molecule has 3 aliphatic heterocycles. The second-order valence-electron chi connectivity index (χ2n) is 7.85. The van der Waals surface area contributed by atoms with Gasteiger partial charge in [0.2, 0.25) is 0 Å². The standard InChI is InChI=1S/C20H30N4O/c25-20(24-11-7-16-13-21-14-17(16)8-12-24)18-5-6-19(22-15-18)23-9-3-1-2-4-10-23/h5-6,15-17,21H,1-4,7-14H2/t16-,17+. The number of pyridine rings is 1. The highest BCUT2D eigenvalue weighted by Gasteiger charge is 2.31. The van der Waals surface area contributed by atoms with Gasteiger partial charge in [-0.1, -0.05) is 12.8 Å². The summed E-state index contributed by atoms with van der Waals surface area (Å²) in [5.41, 5.74) is 0.740. The summed E-state index contributed by atoms with van der Waals surface area (Å²) in [6.07, 6.45) is 9.17. The van der Waals surface area contributed by atoms with E-state index in [1.165, 1.54) is 25.7 Å². The average Bonchev–Trinajstić information content (AvgIpc) is 2.85. The van der Waals surface area contributed by atoms with E-state index in [0.29, 0.717) is 0 Å². The van der Waals surface area contributed by atoms with E-state index in [0.717, 1.165) is 75.3 Å². The number of fused-ring (bicyclic) bond motifs is 1. The van der Waals surface area contributed by atoms with Gasteiger partial charge >= 0.3 is 0 Å². The SMILES string of the molecule is O=C(c1ccc(N2CCCCCC2)nc1)N1CC[C@@H]2CNC[C@@H]2CC1. The first kappa shape index (κ1) is 16.8. The Bertz CT molecular complexity index is 566. The number of carbonyl (C=O) groups excluding carboxylic acids is 1. The Kier molecular flexibility index (Phi) is 5.20. The monoisotopic (exact) mass is 342 g/mol. The molecule has 0 aromatic carbocycles. The second-order valence-corrected chi connectivity index (χ2v) is 7.85. The third-order valence-corrected chi connectivity index (χ3v) is 6.23. The highest BCUT2D eigenvalue weighted by atomic mass is 16.2. The molecule has 5 heteroatoms. The van der Waals surface area contributed by atoms with Crippen LogP contribution in [0, 0.1) is 11.8 Å². The number of nitrogens with one attached hydrogen (secondary N) is 1. The number of nitrogens with zero attached hydrogens (tertiary/aromatic N) is 3. The first-order valence-corrected chi connectivity index (χ1v) is 10.0. The molecule has 1 amide bonds. The first-order valence-electron chi connectivity index (χ1n) is 10.0. The number of hydrogen-bond donors (Lipinski definition) is 1.